The van der Waals surface area contributed by atoms with E-state index in [0.29, 0.717) is 17.3 Å². The fourth-order valence-corrected chi connectivity index (χ4v) is 3.58. The maximum Gasteiger partial charge on any atom is 0.459 e. The van der Waals surface area contributed by atoms with Crippen LogP contribution in [0.4, 0.5) is 30.7 Å². The molecule has 15 heteroatoms. The summed E-state index contributed by atoms with van der Waals surface area (Å²) in [5.41, 5.74) is -1.28. The van der Waals surface area contributed by atoms with Gasteiger partial charge < -0.3 is 15.0 Å². The average Bonchev–Trinajstić information content (AvgIpc) is 3.59. The molecule has 0 unspecified atom stereocenters. The van der Waals surface area contributed by atoms with Crippen molar-refractivity contribution >= 4 is 11.7 Å². The standard InChI is InChI=1S/C23H21F7N6O2/c1-32-18(22(26,27)23(28,29)30)17(38-21(24)25)19(33-2)36-11-14(10-34-36)12-4-5-13(9-31)16(8-12)20(37)35(3)15-6-7-15/h4-5,8,10-11,15,21,32H,6-7H2,1-3H3. The maximum absolute atomic E-state index is 14.2. The zero-order valence-electron chi connectivity index (χ0n) is 20.2. The minimum atomic E-state index is -6.14. The molecule has 0 bridgehead atoms. The first-order chi connectivity index (χ1) is 17.8. The summed E-state index contributed by atoms with van der Waals surface area (Å²) in [5, 5.41) is 14.9. The van der Waals surface area contributed by atoms with Gasteiger partial charge in [-0.25, -0.2) is 4.68 Å². The SMILES string of the molecule is CN=C(C(OC(F)F)=C(NC)C(F)(F)C(F)(F)F)n1cc(-c2ccc(C#N)c(C(=O)N(C)C3CC3)c2)cn1. The second kappa shape index (κ2) is 10.7. The van der Waals surface area contributed by atoms with Crippen LogP contribution in [0, 0.1) is 11.3 Å². The lowest BCUT2D eigenvalue weighted by atomic mass is 10.0. The van der Waals surface area contributed by atoms with E-state index < -0.39 is 41.9 Å². The fourth-order valence-electron chi connectivity index (χ4n) is 3.58. The molecule has 3 rings (SSSR count). The summed E-state index contributed by atoms with van der Waals surface area (Å²) in [6.45, 7) is -3.78. The summed E-state index contributed by atoms with van der Waals surface area (Å²) in [6.07, 6.45) is -2.24. The number of hydrogen-bond donors (Lipinski definition) is 1. The molecule has 1 amide bonds. The number of ether oxygens (including phenoxy) is 1. The normalized spacial score (nSPS) is 15.2. The molecule has 0 radical (unpaired) electrons. The molecular formula is C23H21F7N6O2. The van der Waals surface area contributed by atoms with Gasteiger partial charge in [-0.05, 0) is 30.5 Å². The third kappa shape index (κ3) is 5.58. The fraction of sp³-hybridized carbons (Fsp3) is 0.391. The molecule has 1 aliphatic carbocycles. The summed E-state index contributed by atoms with van der Waals surface area (Å²) in [7, 11) is 3.24. The van der Waals surface area contributed by atoms with E-state index in [4.69, 9.17) is 0 Å². The number of benzene rings is 1. The molecule has 0 atom stereocenters. The zero-order valence-corrected chi connectivity index (χ0v) is 20.2. The van der Waals surface area contributed by atoms with E-state index in [1.165, 1.54) is 23.1 Å². The summed E-state index contributed by atoms with van der Waals surface area (Å²) in [6, 6.07) is 6.22. The number of nitriles is 1. The Balaban J connectivity index is 2.09. The van der Waals surface area contributed by atoms with Gasteiger partial charge in [-0.2, -0.15) is 41.1 Å². The van der Waals surface area contributed by atoms with Crippen LogP contribution in [0.5, 0.6) is 0 Å². The first-order valence-corrected chi connectivity index (χ1v) is 10.9. The van der Waals surface area contributed by atoms with Gasteiger partial charge in [0.15, 0.2) is 11.6 Å². The lowest BCUT2D eigenvalue weighted by Gasteiger charge is -2.25. The highest BCUT2D eigenvalue weighted by atomic mass is 19.4. The van der Waals surface area contributed by atoms with Gasteiger partial charge in [0.1, 0.15) is 5.70 Å². The van der Waals surface area contributed by atoms with Crippen molar-refractivity contribution in [3.63, 3.8) is 0 Å². The molecule has 1 aliphatic rings. The van der Waals surface area contributed by atoms with Crippen molar-refractivity contribution in [2.24, 2.45) is 4.99 Å². The highest BCUT2D eigenvalue weighted by Crippen LogP contribution is 2.41. The van der Waals surface area contributed by atoms with Crippen molar-refractivity contribution in [2.45, 2.75) is 37.6 Å². The van der Waals surface area contributed by atoms with Crippen LogP contribution in [0.15, 0.2) is 47.0 Å². The van der Waals surface area contributed by atoms with Gasteiger partial charge in [0, 0.05) is 38.9 Å². The molecular weight excluding hydrogens is 525 g/mol. The van der Waals surface area contributed by atoms with Crippen molar-refractivity contribution in [1.29, 1.82) is 5.26 Å². The molecule has 2 aromatic rings. The van der Waals surface area contributed by atoms with Gasteiger partial charge in [0.05, 0.1) is 23.4 Å². The Bertz CT molecular complexity index is 1310. The Morgan fingerprint density at radius 1 is 1.26 bits per heavy atom. The summed E-state index contributed by atoms with van der Waals surface area (Å²) in [4.78, 5) is 18.0. The number of amides is 1. The Morgan fingerprint density at radius 3 is 2.42 bits per heavy atom. The lowest BCUT2D eigenvalue weighted by Crippen LogP contribution is -2.44. The molecule has 1 N–H and O–H groups in total. The Hall–Kier alpha value is -4.09. The van der Waals surface area contributed by atoms with E-state index >= 15 is 0 Å². The number of nitrogens with one attached hydrogen (secondary N) is 1. The largest absolute Gasteiger partial charge is 0.459 e. The van der Waals surface area contributed by atoms with Gasteiger partial charge in [0.25, 0.3) is 5.91 Å². The molecule has 1 aromatic carbocycles. The monoisotopic (exact) mass is 546 g/mol. The second-order valence-electron chi connectivity index (χ2n) is 8.14. The number of carbonyl (C=O) groups is 1. The average molecular weight is 546 g/mol. The van der Waals surface area contributed by atoms with Crippen molar-refractivity contribution < 1.29 is 40.3 Å². The Labute approximate surface area is 212 Å². The number of halogens is 7. The second-order valence-corrected chi connectivity index (χ2v) is 8.14. The highest BCUT2D eigenvalue weighted by molar-refractivity contribution is 6.00. The molecule has 1 heterocycles. The minimum absolute atomic E-state index is 0.0556. The molecule has 1 saturated carbocycles. The summed E-state index contributed by atoms with van der Waals surface area (Å²) < 4.78 is 98.5. The van der Waals surface area contributed by atoms with E-state index in [-0.39, 0.29) is 22.7 Å². The number of alkyl halides is 7. The number of rotatable bonds is 8. The topological polar surface area (TPSA) is 95.5 Å². The van der Waals surface area contributed by atoms with Crippen LogP contribution < -0.4 is 5.32 Å². The third-order valence-electron chi connectivity index (χ3n) is 5.69. The predicted octanol–water partition coefficient (Wildman–Crippen LogP) is 4.40. The predicted molar refractivity (Wildman–Crippen MR) is 120 cm³/mol. The van der Waals surface area contributed by atoms with Crippen molar-refractivity contribution in [3.8, 4) is 17.2 Å². The highest BCUT2D eigenvalue weighted by Gasteiger charge is 2.62. The molecule has 38 heavy (non-hydrogen) atoms. The van der Waals surface area contributed by atoms with Crippen LogP contribution in [0.1, 0.15) is 28.8 Å². The van der Waals surface area contributed by atoms with Gasteiger partial charge >= 0.3 is 18.7 Å². The maximum atomic E-state index is 14.2. The van der Waals surface area contributed by atoms with Gasteiger partial charge in [-0.3, -0.25) is 9.79 Å². The summed E-state index contributed by atoms with van der Waals surface area (Å²) in [5.74, 6) is -8.47. The Kier molecular flexibility index (Phi) is 8.03. The number of allylic oxidation sites excluding steroid dienone is 2. The van der Waals surface area contributed by atoms with Gasteiger partial charge in [-0.1, -0.05) is 6.07 Å². The number of nitrogens with zero attached hydrogens (tertiary/aromatic N) is 5. The van der Waals surface area contributed by atoms with Crippen LogP contribution in [0.25, 0.3) is 11.1 Å². The van der Waals surface area contributed by atoms with E-state index in [0.717, 1.165) is 32.3 Å². The zero-order chi connectivity index (χ0) is 28.4. The quantitative estimate of drug-likeness (QED) is 0.229. The smallest absolute Gasteiger partial charge is 0.429 e. The number of hydrogen-bond acceptors (Lipinski definition) is 6. The van der Waals surface area contributed by atoms with E-state index in [2.05, 4.69) is 14.8 Å². The van der Waals surface area contributed by atoms with E-state index in [1.807, 2.05) is 6.07 Å². The van der Waals surface area contributed by atoms with Gasteiger partial charge in [0.2, 0.25) is 0 Å². The minimum Gasteiger partial charge on any atom is -0.429 e. The van der Waals surface area contributed by atoms with Crippen molar-refractivity contribution in [3.05, 3.63) is 53.2 Å². The molecule has 8 nitrogen and oxygen atoms in total. The van der Waals surface area contributed by atoms with Crippen molar-refractivity contribution in [1.82, 2.24) is 20.0 Å². The molecule has 204 valence electrons. The van der Waals surface area contributed by atoms with E-state index in [9.17, 15) is 40.8 Å². The van der Waals surface area contributed by atoms with Gasteiger partial charge in [-0.15, -0.1) is 0 Å². The third-order valence-corrected chi connectivity index (χ3v) is 5.69. The van der Waals surface area contributed by atoms with E-state index in [1.54, 1.807) is 12.4 Å². The first-order valence-electron chi connectivity index (χ1n) is 10.9. The molecule has 0 aliphatic heterocycles. The van der Waals surface area contributed by atoms with Crippen LogP contribution in [-0.4, -0.2) is 72.3 Å². The van der Waals surface area contributed by atoms with Crippen LogP contribution in [-0.2, 0) is 4.74 Å². The van der Waals surface area contributed by atoms with Crippen LogP contribution in [0.3, 0.4) is 0 Å². The molecule has 0 saturated heterocycles. The molecule has 1 aromatic heterocycles. The number of aliphatic imine (C=N–C) groups is 1. The molecule has 1 fully saturated rings. The van der Waals surface area contributed by atoms with Crippen LogP contribution >= 0.6 is 0 Å². The van der Waals surface area contributed by atoms with Crippen LogP contribution in [0.2, 0.25) is 0 Å². The first kappa shape index (κ1) is 28.5. The lowest BCUT2D eigenvalue weighted by molar-refractivity contribution is -0.267. The Morgan fingerprint density at radius 2 is 1.92 bits per heavy atom. The number of aromatic nitrogens is 2. The molecule has 0 spiro atoms. The summed E-state index contributed by atoms with van der Waals surface area (Å²) >= 11 is 0. The number of carbonyl (C=O) groups excluding carboxylic acids is 1. The van der Waals surface area contributed by atoms with Crippen molar-refractivity contribution in [2.75, 3.05) is 21.1 Å².